The second-order valence-electron chi connectivity index (χ2n) is 7.84. The summed E-state index contributed by atoms with van der Waals surface area (Å²) in [6, 6.07) is 8.51. The third-order valence-electron chi connectivity index (χ3n) is 5.75. The molecule has 1 aromatic heterocycles. The van der Waals surface area contributed by atoms with Gasteiger partial charge in [-0.1, -0.05) is 48.3 Å². The lowest BCUT2D eigenvalue weighted by molar-refractivity contribution is -0.119. The van der Waals surface area contributed by atoms with Crippen LogP contribution in [0, 0.1) is 0 Å². The molecule has 1 aromatic carbocycles. The minimum atomic E-state index is 0.00413. The van der Waals surface area contributed by atoms with Crippen LogP contribution in [0.5, 0.6) is 0 Å². The summed E-state index contributed by atoms with van der Waals surface area (Å²) >= 11 is 7.88. The highest BCUT2D eigenvalue weighted by Gasteiger charge is 2.31. The molecule has 1 saturated carbocycles. The van der Waals surface area contributed by atoms with E-state index in [9.17, 15) is 4.79 Å². The van der Waals surface area contributed by atoms with Gasteiger partial charge >= 0.3 is 0 Å². The molecule has 1 saturated heterocycles. The third-order valence-corrected chi connectivity index (χ3v) is 7.02. The van der Waals surface area contributed by atoms with E-state index < -0.39 is 0 Å². The molecule has 2 aromatic rings. The number of aromatic nitrogens is 3. The van der Waals surface area contributed by atoms with Gasteiger partial charge in [0.15, 0.2) is 11.0 Å². The van der Waals surface area contributed by atoms with Crippen LogP contribution in [0.1, 0.15) is 45.6 Å². The first-order valence-electron chi connectivity index (χ1n) is 10.2. The number of nitrogens with one attached hydrogen (secondary N) is 3. The van der Waals surface area contributed by atoms with Crippen LogP contribution in [0.25, 0.3) is 11.4 Å². The van der Waals surface area contributed by atoms with Crippen LogP contribution in [-0.2, 0) is 4.79 Å². The smallest absolute Gasteiger partial charge is 0.230 e. The lowest BCUT2D eigenvalue weighted by Crippen LogP contribution is -2.47. The maximum atomic E-state index is 12.6. The van der Waals surface area contributed by atoms with E-state index in [0.29, 0.717) is 16.8 Å². The zero-order valence-electron chi connectivity index (χ0n) is 16.7. The van der Waals surface area contributed by atoms with Crippen molar-refractivity contribution in [2.45, 2.75) is 68.9 Å². The largest absolute Gasteiger partial charge is 0.349 e. The van der Waals surface area contributed by atoms with Crippen LogP contribution in [0.2, 0.25) is 5.02 Å². The lowest BCUT2D eigenvalue weighted by atomic mass is 10.1. The van der Waals surface area contributed by atoms with Gasteiger partial charge in [0.2, 0.25) is 5.91 Å². The molecule has 0 spiro atoms. The van der Waals surface area contributed by atoms with Crippen molar-refractivity contribution in [1.82, 2.24) is 30.9 Å². The number of thioether (sulfide) groups is 1. The van der Waals surface area contributed by atoms with Gasteiger partial charge in [0.1, 0.15) is 0 Å². The van der Waals surface area contributed by atoms with Gasteiger partial charge in [0.25, 0.3) is 0 Å². The van der Waals surface area contributed by atoms with Crippen LogP contribution in [0.4, 0.5) is 0 Å². The van der Waals surface area contributed by atoms with E-state index in [1.807, 2.05) is 24.3 Å². The number of benzene rings is 1. The van der Waals surface area contributed by atoms with E-state index in [2.05, 4.69) is 44.8 Å². The molecule has 1 aliphatic carbocycles. The number of hydrazine groups is 1. The Kier molecular flexibility index (Phi) is 6.44. The Morgan fingerprint density at radius 3 is 2.59 bits per heavy atom. The van der Waals surface area contributed by atoms with Crippen molar-refractivity contribution in [3.8, 4) is 11.4 Å². The molecule has 3 N–H and O–H groups in total. The van der Waals surface area contributed by atoms with Gasteiger partial charge in [0, 0.05) is 23.7 Å². The van der Waals surface area contributed by atoms with Crippen LogP contribution in [0.15, 0.2) is 29.4 Å². The molecule has 1 aliphatic heterocycles. The Balaban J connectivity index is 1.51. The van der Waals surface area contributed by atoms with Gasteiger partial charge in [-0.25, -0.2) is 0 Å². The number of hydrogen-bond acceptors (Lipinski definition) is 6. The summed E-state index contributed by atoms with van der Waals surface area (Å²) in [5, 5.41) is 13.4. The van der Waals surface area contributed by atoms with E-state index in [-0.39, 0.29) is 24.0 Å². The van der Waals surface area contributed by atoms with Crippen LogP contribution in [0.3, 0.4) is 0 Å². The lowest BCUT2D eigenvalue weighted by Gasteiger charge is -2.20. The van der Waals surface area contributed by atoms with Gasteiger partial charge in [-0.3, -0.25) is 20.2 Å². The SMILES string of the molecule is CC1NNC(C)C1NC(=O)CSc1nnc(-c2ccccc2Cl)n1C1CCCC1. The van der Waals surface area contributed by atoms with E-state index in [4.69, 9.17) is 11.6 Å². The van der Waals surface area contributed by atoms with Gasteiger partial charge in [0.05, 0.1) is 16.8 Å². The molecule has 1 amide bonds. The molecule has 2 aliphatic rings. The number of carbonyl (C=O) groups excluding carboxylic acids is 1. The highest BCUT2D eigenvalue weighted by atomic mass is 35.5. The summed E-state index contributed by atoms with van der Waals surface area (Å²) in [6.45, 7) is 4.11. The molecule has 4 rings (SSSR count). The highest BCUT2D eigenvalue weighted by Crippen LogP contribution is 2.38. The Hall–Kier alpha value is -1.61. The minimum Gasteiger partial charge on any atom is -0.349 e. The van der Waals surface area contributed by atoms with Crippen molar-refractivity contribution >= 4 is 29.3 Å². The van der Waals surface area contributed by atoms with E-state index in [0.717, 1.165) is 29.4 Å². The molecule has 0 radical (unpaired) electrons. The Bertz CT molecular complexity index is 858. The zero-order valence-corrected chi connectivity index (χ0v) is 18.3. The summed E-state index contributed by atoms with van der Waals surface area (Å²) in [4.78, 5) is 12.6. The van der Waals surface area contributed by atoms with Gasteiger partial charge in [-0.15, -0.1) is 10.2 Å². The van der Waals surface area contributed by atoms with Crippen molar-refractivity contribution in [3.05, 3.63) is 29.3 Å². The fraction of sp³-hybridized carbons (Fsp3) is 0.550. The summed E-state index contributed by atoms with van der Waals surface area (Å²) in [7, 11) is 0. The second kappa shape index (κ2) is 9.04. The standard InChI is InChI=1S/C20H27ClN6OS/c1-12-18(13(2)24-23-12)22-17(28)11-29-20-26-25-19(15-9-5-6-10-16(15)21)27(20)14-7-3-4-8-14/h5-6,9-10,12-14,18,23-24H,3-4,7-8,11H2,1-2H3,(H,22,28). The van der Waals surface area contributed by atoms with Crippen molar-refractivity contribution in [2.24, 2.45) is 0 Å². The fourth-order valence-corrected chi connectivity index (χ4v) is 5.21. The van der Waals surface area contributed by atoms with Crippen molar-refractivity contribution in [2.75, 3.05) is 5.75 Å². The van der Waals surface area contributed by atoms with Gasteiger partial charge < -0.3 is 5.32 Å². The zero-order chi connectivity index (χ0) is 20.4. The number of carbonyl (C=O) groups is 1. The molecular formula is C20H27ClN6OS. The van der Waals surface area contributed by atoms with Crippen LogP contribution >= 0.6 is 23.4 Å². The Morgan fingerprint density at radius 2 is 1.90 bits per heavy atom. The Morgan fingerprint density at radius 1 is 1.21 bits per heavy atom. The second-order valence-corrected chi connectivity index (χ2v) is 9.19. The summed E-state index contributed by atoms with van der Waals surface area (Å²) in [5.74, 6) is 1.10. The van der Waals surface area contributed by atoms with Gasteiger partial charge in [-0.05, 0) is 38.8 Å². The molecule has 2 unspecified atom stereocenters. The maximum Gasteiger partial charge on any atom is 0.230 e. The summed E-state index contributed by atoms with van der Waals surface area (Å²) in [6.07, 6.45) is 4.60. The Labute approximate surface area is 180 Å². The number of halogens is 1. The average molecular weight is 435 g/mol. The molecule has 2 atom stereocenters. The average Bonchev–Trinajstić information content (AvgIpc) is 3.43. The first-order valence-corrected chi connectivity index (χ1v) is 11.5. The van der Waals surface area contributed by atoms with E-state index in [1.54, 1.807) is 0 Å². The number of nitrogens with zero attached hydrogens (tertiary/aromatic N) is 3. The predicted octanol–water partition coefficient (Wildman–Crippen LogP) is 3.18. The fourth-order valence-electron chi connectivity index (χ4n) is 4.18. The molecule has 2 fully saturated rings. The molecule has 0 bridgehead atoms. The molecule has 156 valence electrons. The van der Waals surface area contributed by atoms with E-state index in [1.165, 1.54) is 24.6 Å². The van der Waals surface area contributed by atoms with Gasteiger partial charge in [-0.2, -0.15) is 0 Å². The number of rotatable bonds is 6. The highest BCUT2D eigenvalue weighted by molar-refractivity contribution is 7.99. The third kappa shape index (κ3) is 4.45. The van der Waals surface area contributed by atoms with Crippen LogP contribution < -0.4 is 16.2 Å². The predicted molar refractivity (Wildman–Crippen MR) is 116 cm³/mol. The number of amides is 1. The first kappa shape index (κ1) is 20.7. The normalized spacial score (nSPS) is 24.9. The molecule has 2 heterocycles. The summed E-state index contributed by atoms with van der Waals surface area (Å²) in [5.41, 5.74) is 7.21. The van der Waals surface area contributed by atoms with Crippen LogP contribution in [-0.4, -0.2) is 44.6 Å². The molecule has 7 nitrogen and oxygen atoms in total. The first-order chi connectivity index (χ1) is 14.0. The summed E-state index contributed by atoms with van der Waals surface area (Å²) < 4.78 is 2.19. The van der Waals surface area contributed by atoms with Crippen molar-refractivity contribution < 1.29 is 4.79 Å². The topological polar surface area (TPSA) is 83.9 Å². The van der Waals surface area contributed by atoms with Crippen molar-refractivity contribution in [3.63, 3.8) is 0 Å². The minimum absolute atomic E-state index is 0.00413. The maximum absolute atomic E-state index is 12.6. The molecule has 9 heteroatoms. The van der Waals surface area contributed by atoms with E-state index >= 15 is 0 Å². The quantitative estimate of drug-likeness (QED) is 0.605. The molecule has 29 heavy (non-hydrogen) atoms. The monoisotopic (exact) mass is 434 g/mol. The number of hydrogen-bond donors (Lipinski definition) is 3. The molecular weight excluding hydrogens is 408 g/mol. The van der Waals surface area contributed by atoms with Crippen molar-refractivity contribution in [1.29, 1.82) is 0 Å².